The normalized spacial score (nSPS) is 11.1. The van der Waals surface area contributed by atoms with E-state index in [9.17, 15) is 9.59 Å². The number of fused-ring (bicyclic) bond motifs is 1. The molecule has 23 heavy (non-hydrogen) atoms. The number of nitrogens with one attached hydrogen (secondary N) is 2. The molecule has 0 aromatic carbocycles. The summed E-state index contributed by atoms with van der Waals surface area (Å²) in [5, 5.41) is 8.88. The minimum Gasteiger partial charge on any atom is -0.307 e. The molecular weight excluding hydrogens is 296 g/mol. The van der Waals surface area contributed by atoms with Crippen molar-refractivity contribution in [1.82, 2.24) is 24.5 Å². The number of anilines is 1. The molecule has 3 heterocycles. The zero-order valence-electron chi connectivity index (χ0n) is 12.8. The molecule has 0 aliphatic heterocycles. The fraction of sp³-hybridized carbons (Fsp3) is 0.200. The molecule has 3 aromatic heterocycles. The van der Waals surface area contributed by atoms with Gasteiger partial charge in [-0.25, -0.2) is 19.3 Å². The smallest absolute Gasteiger partial charge is 0.307 e. The molecule has 0 aliphatic carbocycles. The third-order valence-electron chi connectivity index (χ3n) is 3.24. The van der Waals surface area contributed by atoms with Crippen molar-refractivity contribution in [2.24, 2.45) is 0 Å². The number of carbonyl (C=O) groups is 1. The van der Waals surface area contributed by atoms with Crippen LogP contribution in [0.25, 0.3) is 5.65 Å². The molecule has 3 aromatic rings. The first kappa shape index (κ1) is 14.9. The van der Waals surface area contributed by atoms with Gasteiger partial charge < -0.3 is 10.2 Å². The summed E-state index contributed by atoms with van der Waals surface area (Å²) in [4.78, 5) is 30.0. The van der Waals surface area contributed by atoms with E-state index in [0.29, 0.717) is 17.0 Å². The zero-order valence-corrected chi connectivity index (χ0v) is 12.8. The molecule has 0 spiro atoms. The number of hydrogen-bond acceptors (Lipinski definition) is 5. The van der Waals surface area contributed by atoms with E-state index in [-0.39, 0.29) is 11.6 Å². The van der Waals surface area contributed by atoms with Crippen LogP contribution in [0.5, 0.6) is 0 Å². The molecular formula is C15H16N6O2. The van der Waals surface area contributed by atoms with Crippen molar-refractivity contribution in [2.75, 3.05) is 19.4 Å². The van der Waals surface area contributed by atoms with Crippen molar-refractivity contribution < 1.29 is 4.79 Å². The second-order valence-electron chi connectivity index (χ2n) is 5.42. The summed E-state index contributed by atoms with van der Waals surface area (Å²) in [6.07, 6.45) is 3.10. The van der Waals surface area contributed by atoms with Crippen LogP contribution in [-0.4, -0.2) is 44.5 Å². The van der Waals surface area contributed by atoms with E-state index in [4.69, 9.17) is 0 Å². The number of pyridine rings is 2. The van der Waals surface area contributed by atoms with Gasteiger partial charge in [-0.2, -0.15) is 5.10 Å². The largest absolute Gasteiger partial charge is 0.347 e. The monoisotopic (exact) mass is 312 g/mol. The Morgan fingerprint density at radius 3 is 2.96 bits per heavy atom. The molecule has 0 saturated carbocycles. The summed E-state index contributed by atoms with van der Waals surface area (Å²) in [6.45, 7) is 0.752. The van der Waals surface area contributed by atoms with Crippen LogP contribution in [0.1, 0.15) is 15.9 Å². The van der Waals surface area contributed by atoms with E-state index in [1.807, 2.05) is 31.1 Å². The summed E-state index contributed by atoms with van der Waals surface area (Å²) < 4.78 is 1.28. The fourth-order valence-electron chi connectivity index (χ4n) is 2.23. The Labute approximate surface area is 131 Å². The van der Waals surface area contributed by atoms with Crippen LogP contribution in [0.3, 0.4) is 0 Å². The lowest BCUT2D eigenvalue weighted by Crippen LogP contribution is -2.16. The van der Waals surface area contributed by atoms with Crippen LogP contribution in [-0.2, 0) is 6.54 Å². The molecule has 3 rings (SSSR count). The third-order valence-corrected chi connectivity index (χ3v) is 3.24. The summed E-state index contributed by atoms with van der Waals surface area (Å²) in [6, 6.07) is 6.92. The quantitative estimate of drug-likeness (QED) is 0.740. The van der Waals surface area contributed by atoms with Crippen LogP contribution in [0.15, 0.2) is 41.5 Å². The van der Waals surface area contributed by atoms with E-state index in [0.717, 1.165) is 12.1 Å². The number of H-pyrrole nitrogens is 1. The summed E-state index contributed by atoms with van der Waals surface area (Å²) in [5.74, 6) is 0.128. The van der Waals surface area contributed by atoms with Crippen LogP contribution < -0.4 is 11.0 Å². The highest BCUT2D eigenvalue weighted by molar-refractivity contribution is 6.03. The average molecular weight is 312 g/mol. The van der Waals surface area contributed by atoms with E-state index < -0.39 is 0 Å². The second kappa shape index (κ2) is 6.01. The Balaban J connectivity index is 1.82. The third kappa shape index (κ3) is 3.27. The zero-order chi connectivity index (χ0) is 16.4. The first-order chi connectivity index (χ1) is 11.0. The van der Waals surface area contributed by atoms with Crippen LogP contribution in [0.2, 0.25) is 0 Å². The minimum atomic E-state index is -0.388. The van der Waals surface area contributed by atoms with E-state index in [1.54, 1.807) is 18.3 Å². The predicted octanol–water partition coefficient (Wildman–Crippen LogP) is 0.731. The molecule has 0 saturated heterocycles. The number of hydrogen-bond donors (Lipinski definition) is 2. The van der Waals surface area contributed by atoms with Gasteiger partial charge in [0.05, 0.1) is 5.56 Å². The highest BCUT2D eigenvalue weighted by Gasteiger charge is 2.10. The Morgan fingerprint density at radius 2 is 2.17 bits per heavy atom. The van der Waals surface area contributed by atoms with Gasteiger partial charge in [0.1, 0.15) is 5.82 Å². The van der Waals surface area contributed by atoms with Crippen molar-refractivity contribution >= 4 is 17.4 Å². The molecule has 2 N–H and O–H groups in total. The summed E-state index contributed by atoms with van der Waals surface area (Å²) in [7, 11) is 3.94. The highest BCUT2D eigenvalue weighted by Crippen LogP contribution is 2.10. The lowest BCUT2D eigenvalue weighted by Gasteiger charge is -2.11. The standard InChI is InChI=1S/C15H16N6O2/c1-20(2)8-10-5-6-16-12(7-10)17-14(22)11-3-4-13-18-19-15(23)21(13)9-11/h3-7,9H,8H2,1-2H3,(H,19,23)(H,16,17,22). The first-order valence-electron chi connectivity index (χ1n) is 7.01. The highest BCUT2D eigenvalue weighted by atomic mass is 16.2. The molecule has 0 atom stereocenters. The Morgan fingerprint density at radius 1 is 1.35 bits per heavy atom. The SMILES string of the molecule is CN(C)Cc1ccnc(NC(=O)c2ccc3n[nH]c(=O)n3c2)c1. The van der Waals surface area contributed by atoms with Gasteiger partial charge in [0, 0.05) is 18.9 Å². The van der Waals surface area contributed by atoms with Crippen LogP contribution >= 0.6 is 0 Å². The summed E-state index contributed by atoms with van der Waals surface area (Å²) >= 11 is 0. The van der Waals surface area contributed by atoms with E-state index in [1.165, 1.54) is 10.6 Å². The minimum absolute atomic E-state index is 0.338. The topological polar surface area (TPSA) is 95.4 Å². The molecule has 0 bridgehead atoms. The van der Waals surface area contributed by atoms with Gasteiger partial charge in [-0.05, 0) is 43.9 Å². The van der Waals surface area contributed by atoms with Crippen molar-refractivity contribution in [3.63, 3.8) is 0 Å². The lowest BCUT2D eigenvalue weighted by molar-refractivity contribution is 0.102. The number of rotatable bonds is 4. The molecule has 0 aliphatic rings. The fourth-order valence-corrected chi connectivity index (χ4v) is 2.23. The number of nitrogens with zero attached hydrogens (tertiary/aromatic N) is 4. The number of amides is 1. The van der Waals surface area contributed by atoms with Gasteiger partial charge >= 0.3 is 5.69 Å². The Hall–Kier alpha value is -3.00. The maximum absolute atomic E-state index is 12.3. The van der Waals surface area contributed by atoms with Crippen molar-refractivity contribution in [1.29, 1.82) is 0 Å². The molecule has 1 amide bonds. The van der Waals surface area contributed by atoms with Gasteiger partial charge in [0.15, 0.2) is 5.65 Å². The number of carbonyl (C=O) groups excluding carboxylic acids is 1. The molecule has 8 heteroatoms. The molecule has 0 radical (unpaired) electrons. The van der Waals surface area contributed by atoms with Gasteiger partial charge in [0.25, 0.3) is 5.91 Å². The maximum atomic E-state index is 12.3. The Kier molecular flexibility index (Phi) is 3.90. The van der Waals surface area contributed by atoms with E-state index >= 15 is 0 Å². The molecule has 118 valence electrons. The van der Waals surface area contributed by atoms with Crippen molar-refractivity contribution in [3.8, 4) is 0 Å². The summed E-state index contributed by atoms with van der Waals surface area (Å²) in [5.41, 5.74) is 1.46. The van der Waals surface area contributed by atoms with Crippen LogP contribution in [0, 0.1) is 0 Å². The van der Waals surface area contributed by atoms with Crippen molar-refractivity contribution in [2.45, 2.75) is 6.54 Å². The maximum Gasteiger partial charge on any atom is 0.347 e. The predicted molar refractivity (Wildman–Crippen MR) is 85.4 cm³/mol. The van der Waals surface area contributed by atoms with Gasteiger partial charge in [0.2, 0.25) is 0 Å². The average Bonchev–Trinajstić information content (AvgIpc) is 2.88. The van der Waals surface area contributed by atoms with Gasteiger partial charge in [-0.15, -0.1) is 0 Å². The molecule has 0 fully saturated rings. The Bertz CT molecular complexity index is 911. The molecule has 8 nitrogen and oxygen atoms in total. The molecule has 0 unspecified atom stereocenters. The lowest BCUT2D eigenvalue weighted by atomic mass is 10.2. The van der Waals surface area contributed by atoms with Gasteiger partial charge in [-0.1, -0.05) is 0 Å². The number of aromatic amines is 1. The van der Waals surface area contributed by atoms with Crippen molar-refractivity contribution in [3.05, 3.63) is 58.3 Å². The first-order valence-corrected chi connectivity index (χ1v) is 7.01. The number of aromatic nitrogens is 4. The van der Waals surface area contributed by atoms with E-state index in [2.05, 4.69) is 20.5 Å². The second-order valence-corrected chi connectivity index (χ2v) is 5.42. The van der Waals surface area contributed by atoms with Gasteiger partial charge in [-0.3, -0.25) is 4.79 Å². The van der Waals surface area contributed by atoms with Crippen LogP contribution in [0.4, 0.5) is 5.82 Å².